The van der Waals surface area contributed by atoms with Crippen LogP contribution >= 0.6 is 0 Å². The molecule has 0 fully saturated rings. The van der Waals surface area contributed by atoms with Gasteiger partial charge in [0.15, 0.2) is 0 Å². The Morgan fingerprint density at radius 3 is 2.67 bits per heavy atom. The maximum Gasteiger partial charge on any atom is 0.255 e. The van der Waals surface area contributed by atoms with Crippen molar-refractivity contribution >= 4 is 0 Å². The van der Waals surface area contributed by atoms with Crippen molar-refractivity contribution in [3.8, 4) is 0 Å². The van der Waals surface area contributed by atoms with Crippen molar-refractivity contribution in [2.45, 2.75) is 53.6 Å². The van der Waals surface area contributed by atoms with E-state index in [4.69, 9.17) is 0 Å². The molecule has 3 heteroatoms. The molecule has 0 bridgehead atoms. The average Bonchev–Trinajstić information content (AvgIpc) is 2.32. The van der Waals surface area contributed by atoms with E-state index >= 15 is 0 Å². The number of hydrogen-bond acceptors (Lipinski definition) is 2. The summed E-state index contributed by atoms with van der Waals surface area (Å²) in [5.74, 6) is 0.490. The Bertz CT molecular complexity index is 421. The van der Waals surface area contributed by atoms with Gasteiger partial charge >= 0.3 is 0 Å². The number of aryl methyl sites for hydroxylation is 1. The molecule has 0 aromatic carbocycles. The van der Waals surface area contributed by atoms with Gasteiger partial charge in [0.05, 0.1) is 0 Å². The molecule has 0 aliphatic rings. The molecule has 0 aliphatic carbocycles. The standard InChI is InChI=1S/C15H26N2O/c1-5-6-9-16-10-14-8-7-13(4)17(15(14)18)11-12(2)3/h7-8,12,16H,5-6,9-11H2,1-4H3. The van der Waals surface area contributed by atoms with E-state index in [1.807, 2.05) is 23.6 Å². The number of aromatic nitrogens is 1. The van der Waals surface area contributed by atoms with Gasteiger partial charge < -0.3 is 9.88 Å². The maximum absolute atomic E-state index is 12.3. The minimum atomic E-state index is 0.160. The molecule has 1 N–H and O–H groups in total. The van der Waals surface area contributed by atoms with Gasteiger partial charge in [0.2, 0.25) is 0 Å². The topological polar surface area (TPSA) is 34.0 Å². The van der Waals surface area contributed by atoms with E-state index in [9.17, 15) is 4.79 Å². The number of nitrogens with zero attached hydrogens (tertiary/aromatic N) is 1. The summed E-state index contributed by atoms with van der Waals surface area (Å²) in [5, 5.41) is 3.33. The molecule has 0 saturated heterocycles. The van der Waals surface area contributed by atoms with Crippen LogP contribution in [0.25, 0.3) is 0 Å². The van der Waals surface area contributed by atoms with Crippen LogP contribution in [-0.4, -0.2) is 11.1 Å². The Kier molecular flexibility index (Phi) is 6.13. The Hall–Kier alpha value is -1.09. The molecule has 0 saturated carbocycles. The summed E-state index contributed by atoms with van der Waals surface area (Å²) in [7, 11) is 0. The summed E-state index contributed by atoms with van der Waals surface area (Å²) in [6, 6.07) is 3.99. The third kappa shape index (κ3) is 4.30. The average molecular weight is 250 g/mol. The second-order valence-corrected chi connectivity index (χ2v) is 5.34. The number of hydrogen-bond donors (Lipinski definition) is 1. The van der Waals surface area contributed by atoms with Gasteiger partial charge in [-0.25, -0.2) is 0 Å². The van der Waals surface area contributed by atoms with Crippen molar-refractivity contribution in [3.63, 3.8) is 0 Å². The van der Waals surface area contributed by atoms with Crippen LogP contribution in [0.2, 0.25) is 0 Å². The summed E-state index contributed by atoms with van der Waals surface area (Å²) in [6.07, 6.45) is 2.34. The molecule has 1 aromatic rings. The zero-order valence-corrected chi connectivity index (χ0v) is 12.1. The zero-order valence-electron chi connectivity index (χ0n) is 12.1. The first kappa shape index (κ1) is 15.0. The van der Waals surface area contributed by atoms with Crippen LogP contribution in [0.5, 0.6) is 0 Å². The highest BCUT2D eigenvalue weighted by molar-refractivity contribution is 5.15. The van der Waals surface area contributed by atoms with E-state index in [0.717, 1.165) is 30.8 Å². The van der Waals surface area contributed by atoms with E-state index < -0.39 is 0 Å². The van der Waals surface area contributed by atoms with E-state index in [1.165, 1.54) is 6.42 Å². The lowest BCUT2D eigenvalue weighted by Gasteiger charge is -2.14. The molecule has 1 rings (SSSR count). The van der Waals surface area contributed by atoms with Crippen molar-refractivity contribution < 1.29 is 0 Å². The fourth-order valence-corrected chi connectivity index (χ4v) is 1.97. The van der Waals surface area contributed by atoms with Crippen molar-refractivity contribution in [2.24, 2.45) is 5.92 Å². The summed E-state index contributed by atoms with van der Waals surface area (Å²) in [6.45, 7) is 10.9. The molecule has 0 amide bonds. The number of pyridine rings is 1. The molecular formula is C15H26N2O. The summed E-state index contributed by atoms with van der Waals surface area (Å²) in [4.78, 5) is 12.3. The highest BCUT2D eigenvalue weighted by Crippen LogP contribution is 2.03. The van der Waals surface area contributed by atoms with Gasteiger partial charge in [-0.3, -0.25) is 4.79 Å². The van der Waals surface area contributed by atoms with Crippen LogP contribution in [0.4, 0.5) is 0 Å². The fourth-order valence-electron chi connectivity index (χ4n) is 1.97. The Balaban J connectivity index is 2.78. The number of rotatable bonds is 7. The molecule has 0 atom stereocenters. The summed E-state index contributed by atoms with van der Waals surface area (Å²) < 4.78 is 1.89. The minimum absolute atomic E-state index is 0.160. The van der Waals surface area contributed by atoms with Crippen LogP contribution in [-0.2, 0) is 13.1 Å². The smallest absolute Gasteiger partial charge is 0.255 e. The molecule has 1 heterocycles. The Morgan fingerprint density at radius 2 is 2.06 bits per heavy atom. The van der Waals surface area contributed by atoms with Gasteiger partial charge in [-0.1, -0.05) is 33.3 Å². The highest BCUT2D eigenvalue weighted by atomic mass is 16.1. The van der Waals surface area contributed by atoms with Crippen molar-refractivity contribution in [1.82, 2.24) is 9.88 Å². The molecule has 18 heavy (non-hydrogen) atoms. The first-order valence-corrected chi connectivity index (χ1v) is 6.96. The Morgan fingerprint density at radius 1 is 1.33 bits per heavy atom. The van der Waals surface area contributed by atoms with Gasteiger partial charge in [-0.2, -0.15) is 0 Å². The SMILES string of the molecule is CCCCNCc1ccc(C)n(CC(C)C)c1=O. The first-order valence-electron chi connectivity index (χ1n) is 6.96. The molecule has 0 aliphatic heterocycles. The lowest BCUT2D eigenvalue weighted by molar-refractivity contribution is 0.497. The van der Waals surface area contributed by atoms with Crippen LogP contribution in [0.15, 0.2) is 16.9 Å². The van der Waals surface area contributed by atoms with Crippen LogP contribution < -0.4 is 10.9 Å². The molecule has 102 valence electrons. The van der Waals surface area contributed by atoms with E-state index in [-0.39, 0.29) is 5.56 Å². The lowest BCUT2D eigenvalue weighted by Crippen LogP contribution is -2.30. The fraction of sp³-hybridized carbons (Fsp3) is 0.667. The lowest BCUT2D eigenvalue weighted by atomic mass is 10.2. The third-order valence-electron chi connectivity index (χ3n) is 3.04. The zero-order chi connectivity index (χ0) is 13.5. The Labute approximate surface area is 110 Å². The van der Waals surface area contributed by atoms with Crippen molar-refractivity contribution in [1.29, 1.82) is 0 Å². The van der Waals surface area contributed by atoms with Gasteiger partial charge in [0.25, 0.3) is 5.56 Å². The first-order chi connectivity index (χ1) is 8.56. The van der Waals surface area contributed by atoms with Crippen molar-refractivity contribution in [3.05, 3.63) is 33.7 Å². The number of nitrogens with one attached hydrogen (secondary N) is 1. The van der Waals surface area contributed by atoms with Crippen LogP contribution in [0.1, 0.15) is 44.9 Å². The predicted molar refractivity (Wildman–Crippen MR) is 76.9 cm³/mol. The van der Waals surface area contributed by atoms with E-state index in [0.29, 0.717) is 12.5 Å². The summed E-state index contributed by atoms with van der Waals surface area (Å²) in [5.41, 5.74) is 2.08. The minimum Gasteiger partial charge on any atom is -0.312 e. The second kappa shape index (κ2) is 7.37. The normalized spacial score (nSPS) is 11.2. The van der Waals surface area contributed by atoms with E-state index in [2.05, 4.69) is 26.1 Å². The third-order valence-corrected chi connectivity index (χ3v) is 3.04. The quantitative estimate of drug-likeness (QED) is 0.755. The van der Waals surface area contributed by atoms with Crippen LogP contribution in [0, 0.1) is 12.8 Å². The van der Waals surface area contributed by atoms with Gasteiger partial charge in [-0.05, 0) is 31.9 Å². The number of unbranched alkanes of at least 4 members (excludes halogenated alkanes) is 1. The second-order valence-electron chi connectivity index (χ2n) is 5.34. The molecule has 0 spiro atoms. The molecule has 3 nitrogen and oxygen atoms in total. The van der Waals surface area contributed by atoms with E-state index in [1.54, 1.807) is 0 Å². The maximum atomic E-state index is 12.3. The predicted octanol–water partition coefficient (Wildman–Crippen LogP) is 2.70. The molecular weight excluding hydrogens is 224 g/mol. The van der Waals surface area contributed by atoms with Crippen molar-refractivity contribution in [2.75, 3.05) is 6.54 Å². The molecule has 1 aromatic heterocycles. The van der Waals surface area contributed by atoms with Gasteiger partial charge in [-0.15, -0.1) is 0 Å². The largest absolute Gasteiger partial charge is 0.312 e. The van der Waals surface area contributed by atoms with Gasteiger partial charge in [0.1, 0.15) is 0 Å². The monoisotopic (exact) mass is 250 g/mol. The highest BCUT2D eigenvalue weighted by Gasteiger charge is 2.07. The summed E-state index contributed by atoms with van der Waals surface area (Å²) >= 11 is 0. The molecule has 0 unspecified atom stereocenters. The van der Waals surface area contributed by atoms with Gasteiger partial charge in [0, 0.05) is 24.3 Å². The van der Waals surface area contributed by atoms with Crippen LogP contribution in [0.3, 0.4) is 0 Å². The molecule has 0 radical (unpaired) electrons.